The van der Waals surface area contributed by atoms with E-state index in [9.17, 15) is 17.1 Å². The number of nitrogens with one attached hydrogen (secondary N) is 1. The van der Waals surface area contributed by atoms with Crippen molar-refractivity contribution in [1.82, 2.24) is 5.32 Å². The lowest BCUT2D eigenvalue weighted by molar-refractivity contribution is 0.136. The zero-order valence-corrected chi connectivity index (χ0v) is 13.7. The summed E-state index contributed by atoms with van der Waals surface area (Å²) in [5.41, 5.74) is 1.58. The van der Waals surface area contributed by atoms with Gasteiger partial charge in [-0.3, -0.25) is 0 Å². The lowest BCUT2D eigenvalue weighted by atomic mass is 10.1. The molecule has 0 radical (unpaired) electrons. The van der Waals surface area contributed by atoms with E-state index >= 15 is 0 Å². The molecule has 5 nitrogen and oxygen atoms in total. The average Bonchev–Trinajstić information content (AvgIpc) is 2.53. The topological polar surface area (TPSA) is 72.5 Å². The van der Waals surface area contributed by atoms with Crippen molar-refractivity contribution in [2.24, 2.45) is 0 Å². The minimum atomic E-state index is -4.73. The zero-order chi connectivity index (χ0) is 17.4. The fraction of sp³-hybridized carbons (Fsp3) is 0.235. The van der Waals surface area contributed by atoms with E-state index in [1.807, 2.05) is 24.3 Å². The Kier molecular flexibility index (Phi) is 6.31. The predicted molar refractivity (Wildman–Crippen MR) is 88.6 cm³/mol. The molecule has 0 fully saturated rings. The first kappa shape index (κ1) is 17.9. The first-order valence-corrected chi connectivity index (χ1v) is 8.91. The Labute approximate surface area is 140 Å². The van der Waals surface area contributed by atoms with Crippen LogP contribution in [0, 0.1) is 0 Å². The van der Waals surface area contributed by atoms with E-state index in [-0.39, 0.29) is 13.0 Å². The maximum Gasteiger partial charge on any atom is 0.407 e. The molecule has 0 aromatic heterocycles. The Bertz CT molecular complexity index is 751. The second-order valence-electron chi connectivity index (χ2n) is 5.30. The number of hydrogen-bond acceptors (Lipinski definition) is 4. The monoisotopic (exact) mass is 351 g/mol. The molecule has 0 saturated heterocycles. The Morgan fingerprint density at radius 1 is 1.00 bits per heavy atom. The normalized spacial score (nSPS) is 12.4. The number of halogens is 1. The molecule has 2 aromatic carbocycles. The van der Waals surface area contributed by atoms with Gasteiger partial charge >= 0.3 is 16.3 Å². The molecule has 0 aliphatic carbocycles. The smallest absolute Gasteiger partial charge is 0.407 e. The molecule has 0 heterocycles. The minimum absolute atomic E-state index is 0.0487. The van der Waals surface area contributed by atoms with Crippen LogP contribution in [0.25, 0.3) is 0 Å². The van der Waals surface area contributed by atoms with Gasteiger partial charge in [-0.25, -0.2) is 4.79 Å². The van der Waals surface area contributed by atoms with Gasteiger partial charge in [0.1, 0.15) is 12.4 Å². The molecule has 1 N–H and O–H groups in total. The summed E-state index contributed by atoms with van der Waals surface area (Å²) in [4.78, 5) is 11.9. The maximum atomic E-state index is 13.0. The second kappa shape index (κ2) is 8.44. The lowest BCUT2D eigenvalue weighted by Crippen LogP contribution is -2.41. The number of alkyl carbamates (subject to hydrolysis) is 1. The molecule has 0 aliphatic heterocycles. The highest BCUT2D eigenvalue weighted by Gasteiger charge is 2.21. The maximum absolute atomic E-state index is 13.0. The molecule has 128 valence electrons. The summed E-state index contributed by atoms with van der Waals surface area (Å²) in [6.45, 7) is 0.0487. The summed E-state index contributed by atoms with van der Waals surface area (Å²) < 4.78 is 39.9. The average molecular weight is 351 g/mol. The quantitative estimate of drug-likeness (QED) is 0.779. The number of hydrogen-bond donors (Lipinski definition) is 1. The first-order chi connectivity index (χ1) is 11.4. The Hall–Kier alpha value is -2.41. The molecule has 24 heavy (non-hydrogen) atoms. The van der Waals surface area contributed by atoms with Gasteiger partial charge < -0.3 is 10.1 Å². The standard InChI is InChI=1S/C17H18FNO4S/c18-24(21,22)13-16(11-14-7-3-1-4-8-14)19-17(20)23-12-15-9-5-2-6-10-15/h1-10,16H,11-13H2,(H,19,20)/t16-/m0/s1. The van der Waals surface area contributed by atoms with Crippen LogP contribution in [0.4, 0.5) is 8.68 Å². The highest BCUT2D eigenvalue weighted by Crippen LogP contribution is 2.07. The van der Waals surface area contributed by atoms with E-state index in [0.717, 1.165) is 11.1 Å². The van der Waals surface area contributed by atoms with Crippen LogP contribution in [0.15, 0.2) is 60.7 Å². The molecular weight excluding hydrogens is 333 g/mol. The number of benzene rings is 2. The van der Waals surface area contributed by atoms with Crippen LogP contribution in [0.3, 0.4) is 0 Å². The van der Waals surface area contributed by atoms with Gasteiger partial charge in [-0.05, 0) is 17.5 Å². The molecule has 2 aromatic rings. The fourth-order valence-electron chi connectivity index (χ4n) is 2.22. The zero-order valence-electron chi connectivity index (χ0n) is 12.9. The Balaban J connectivity index is 1.95. The number of amides is 1. The van der Waals surface area contributed by atoms with Gasteiger partial charge in [-0.2, -0.15) is 8.42 Å². The molecule has 1 amide bonds. The van der Waals surface area contributed by atoms with E-state index in [4.69, 9.17) is 4.74 Å². The molecular formula is C17H18FNO4S. The summed E-state index contributed by atoms with van der Waals surface area (Å²) in [5, 5.41) is 2.41. The van der Waals surface area contributed by atoms with Crippen LogP contribution in [0.1, 0.15) is 11.1 Å². The molecule has 0 unspecified atom stereocenters. The van der Waals surface area contributed by atoms with Gasteiger partial charge in [0, 0.05) is 0 Å². The fourth-order valence-corrected chi connectivity index (χ4v) is 2.90. The number of rotatable bonds is 7. The highest BCUT2D eigenvalue weighted by atomic mass is 32.3. The minimum Gasteiger partial charge on any atom is -0.445 e. The van der Waals surface area contributed by atoms with E-state index in [1.54, 1.807) is 36.4 Å². The van der Waals surface area contributed by atoms with Crippen LogP contribution in [0.2, 0.25) is 0 Å². The van der Waals surface area contributed by atoms with Crippen LogP contribution in [0.5, 0.6) is 0 Å². The SMILES string of the molecule is O=C(N[C@@H](Cc1ccccc1)CS(=O)(=O)F)OCc1ccccc1. The van der Waals surface area contributed by atoms with Crippen molar-refractivity contribution in [2.45, 2.75) is 19.1 Å². The number of ether oxygens (including phenoxy) is 1. The predicted octanol–water partition coefficient (Wildman–Crippen LogP) is 2.82. The summed E-state index contributed by atoms with van der Waals surface area (Å²) in [7, 11) is -4.73. The molecule has 7 heteroatoms. The van der Waals surface area contributed by atoms with Crippen molar-refractivity contribution in [3.8, 4) is 0 Å². The first-order valence-electron chi connectivity index (χ1n) is 7.36. The molecule has 0 saturated carbocycles. The van der Waals surface area contributed by atoms with Crippen LogP contribution < -0.4 is 5.32 Å². The van der Waals surface area contributed by atoms with Crippen molar-refractivity contribution < 1.29 is 21.8 Å². The Morgan fingerprint density at radius 2 is 1.54 bits per heavy atom. The van der Waals surface area contributed by atoms with Crippen molar-refractivity contribution in [2.75, 3.05) is 5.75 Å². The van der Waals surface area contributed by atoms with Gasteiger partial charge in [0.25, 0.3) is 0 Å². The molecule has 0 aliphatic rings. The van der Waals surface area contributed by atoms with E-state index < -0.39 is 28.1 Å². The summed E-state index contributed by atoms with van der Waals surface area (Å²) in [5.74, 6) is -0.803. The van der Waals surface area contributed by atoms with Gasteiger partial charge in [0.2, 0.25) is 0 Å². The summed E-state index contributed by atoms with van der Waals surface area (Å²) in [6, 6.07) is 17.1. The summed E-state index contributed by atoms with van der Waals surface area (Å²) in [6.07, 6.45) is -0.604. The summed E-state index contributed by atoms with van der Waals surface area (Å²) >= 11 is 0. The van der Waals surface area contributed by atoms with Crippen LogP contribution in [-0.2, 0) is 28.0 Å². The third-order valence-electron chi connectivity index (χ3n) is 3.26. The van der Waals surface area contributed by atoms with Gasteiger partial charge in [0.05, 0.1) is 6.04 Å². The third-order valence-corrected chi connectivity index (χ3v) is 4.06. The van der Waals surface area contributed by atoms with E-state index in [2.05, 4.69) is 5.32 Å². The number of carbonyl (C=O) groups excluding carboxylic acids is 1. The van der Waals surface area contributed by atoms with Gasteiger partial charge in [-0.15, -0.1) is 3.89 Å². The van der Waals surface area contributed by atoms with E-state index in [1.165, 1.54) is 0 Å². The molecule has 1 atom stereocenters. The van der Waals surface area contributed by atoms with Crippen molar-refractivity contribution in [1.29, 1.82) is 0 Å². The third kappa shape index (κ3) is 6.78. The van der Waals surface area contributed by atoms with Crippen LogP contribution >= 0.6 is 0 Å². The molecule has 0 bridgehead atoms. The lowest BCUT2D eigenvalue weighted by Gasteiger charge is -2.17. The number of carbonyl (C=O) groups is 1. The highest BCUT2D eigenvalue weighted by molar-refractivity contribution is 7.86. The Morgan fingerprint density at radius 3 is 2.08 bits per heavy atom. The largest absolute Gasteiger partial charge is 0.445 e. The second-order valence-corrected chi connectivity index (χ2v) is 6.71. The molecule has 0 spiro atoms. The van der Waals surface area contributed by atoms with Crippen molar-refractivity contribution >= 4 is 16.3 Å². The van der Waals surface area contributed by atoms with Gasteiger partial charge in [-0.1, -0.05) is 60.7 Å². The van der Waals surface area contributed by atoms with Gasteiger partial charge in [0.15, 0.2) is 0 Å². The van der Waals surface area contributed by atoms with Crippen LogP contribution in [-0.4, -0.2) is 26.3 Å². The van der Waals surface area contributed by atoms with Crippen molar-refractivity contribution in [3.05, 3.63) is 71.8 Å². The van der Waals surface area contributed by atoms with Crippen molar-refractivity contribution in [3.63, 3.8) is 0 Å². The molecule has 2 rings (SSSR count). The van der Waals surface area contributed by atoms with E-state index in [0.29, 0.717) is 0 Å².